The Morgan fingerprint density at radius 2 is 1.86 bits per heavy atom. The van der Waals surface area contributed by atoms with E-state index in [0.717, 1.165) is 12.8 Å². The van der Waals surface area contributed by atoms with E-state index in [1.165, 1.54) is 34.5 Å². The van der Waals surface area contributed by atoms with Gasteiger partial charge in [0.25, 0.3) is 5.91 Å². The molecule has 0 spiro atoms. The molecule has 1 aliphatic carbocycles. The first-order chi connectivity index (χ1) is 16.5. The molecule has 2 aliphatic rings. The molecular formula is C23H30N4O7S. The third kappa shape index (κ3) is 4.98. The number of amides is 2. The number of aromatic nitrogens is 1. The number of hydrogen-bond donors (Lipinski definition) is 1. The molecule has 11 nitrogen and oxygen atoms in total. The van der Waals surface area contributed by atoms with Crippen LogP contribution >= 0.6 is 0 Å². The molecule has 1 aromatic carbocycles. The maximum Gasteiger partial charge on any atom is 0.407 e. The normalized spacial score (nSPS) is 18.2. The molecule has 1 aliphatic heterocycles. The van der Waals surface area contributed by atoms with Gasteiger partial charge < -0.3 is 24.1 Å². The number of nitrogens with zero attached hydrogens (tertiary/aromatic N) is 4. The summed E-state index contributed by atoms with van der Waals surface area (Å²) in [6.07, 6.45) is 2.20. The van der Waals surface area contributed by atoms with Crippen LogP contribution in [0.1, 0.15) is 46.8 Å². The van der Waals surface area contributed by atoms with Crippen molar-refractivity contribution in [1.82, 2.24) is 19.1 Å². The summed E-state index contributed by atoms with van der Waals surface area (Å²) in [5.41, 5.74) is 1.25. The summed E-state index contributed by atoms with van der Waals surface area (Å²) in [5.74, 6) is 0.349. The summed E-state index contributed by atoms with van der Waals surface area (Å²) in [4.78, 5) is 31.3. The highest BCUT2D eigenvalue weighted by Crippen LogP contribution is 2.36. The van der Waals surface area contributed by atoms with Crippen LogP contribution in [-0.2, 0) is 16.6 Å². The van der Waals surface area contributed by atoms with Crippen molar-refractivity contribution in [3.63, 3.8) is 0 Å². The van der Waals surface area contributed by atoms with Gasteiger partial charge in [-0.05, 0) is 56.4 Å². The lowest BCUT2D eigenvalue weighted by molar-refractivity contribution is 0.0770. The predicted octanol–water partition coefficient (Wildman–Crippen LogP) is 2.48. The number of carbonyl (C=O) groups excluding carboxylic acids is 1. The van der Waals surface area contributed by atoms with Crippen molar-refractivity contribution in [1.29, 1.82) is 0 Å². The third-order valence-corrected chi connectivity index (χ3v) is 8.76. The van der Waals surface area contributed by atoms with Gasteiger partial charge in [0, 0.05) is 26.2 Å². The summed E-state index contributed by atoms with van der Waals surface area (Å²) in [5, 5.41) is 9.17. The van der Waals surface area contributed by atoms with E-state index in [9.17, 15) is 18.0 Å². The lowest BCUT2D eigenvalue weighted by atomic mass is 10.1. The van der Waals surface area contributed by atoms with Crippen LogP contribution in [0.4, 0.5) is 4.79 Å². The number of sulfonamides is 1. The van der Waals surface area contributed by atoms with Crippen LogP contribution in [-0.4, -0.2) is 83.9 Å². The molecule has 2 amide bonds. The number of methoxy groups -OCH3 is 1. The first-order valence-electron chi connectivity index (χ1n) is 11.4. The maximum atomic E-state index is 13.7. The Kier molecular flexibility index (Phi) is 6.78. The topological polar surface area (TPSA) is 133 Å². The highest BCUT2D eigenvalue weighted by molar-refractivity contribution is 7.89. The van der Waals surface area contributed by atoms with Crippen LogP contribution in [0, 0.1) is 13.8 Å². The zero-order valence-corrected chi connectivity index (χ0v) is 21.0. The summed E-state index contributed by atoms with van der Waals surface area (Å²) < 4.78 is 39.5. The SMILES string of the molecule is COc1cc(C)c(S(=O)(=O)N(Cc2nc(C(=O)N3CCC(N(C)C(=O)O)C3)co2)C2CC2)c(C)c1. The minimum Gasteiger partial charge on any atom is -0.497 e. The molecule has 4 rings (SSSR count). The van der Waals surface area contributed by atoms with Gasteiger partial charge >= 0.3 is 6.09 Å². The number of carboxylic acid groups (broad SMARTS) is 1. The van der Waals surface area contributed by atoms with Crippen LogP contribution in [0.3, 0.4) is 0 Å². The average molecular weight is 507 g/mol. The van der Waals surface area contributed by atoms with E-state index < -0.39 is 16.1 Å². The highest BCUT2D eigenvalue weighted by atomic mass is 32.2. The molecule has 2 fully saturated rings. The van der Waals surface area contributed by atoms with E-state index in [2.05, 4.69) is 4.98 Å². The lowest BCUT2D eigenvalue weighted by Gasteiger charge is -2.23. The Balaban J connectivity index is 1.52. The van der Waals surface area contributed by atoms with Crippen LogP contribution in [0.2, 0.25) is 0 Å². The molecule has 2 aromatic rings. The van der Waals surface area contributed by atoms with Crippen LogP contribution in [0.15, 0.2) is 27.7 Å². The van der Waals surface area contributed by atoms with Crippen molar-refractivity contribution in [2.75, 3.05) is 27.2 Å². The Hall–Kier alpha value is -3.12. The fourth-order valence-corrected chi connectivity index (χ4v) is 6.55. The lowest BCUT2D eigenvalue weighted by Crippen LogP contribution is -2.39. The second-order valence-corrected chi connectivity index (χ2v) is 10.9. The number of likely N-dealkylation sites (N-methyl/N-ethyl adjacent to an activating group) is 1. The Morgan fingerprint density at radius 3 is 2.43 bits per heavy atom. The van der Waals surface area contributed by atoms with Crippen molar-refractivity contribution in [3.05, 3.63) is 41.1 Å². The van der Waals surface area contributed by atoms with Gasteiger partial charge in [-0.15, -0.1) is 0 Å². The second kappa shape index (κ2) is 9.50. The number of carbonyl (C=O) groups is 2. The second-order valence-electron chi connectivity index (χ2n) is 9.09. The minimum absolute atomic E-state index is 0.0728. The van der Waals surface area contributed by atoms with Crippen molar-refractivity contribution >= 4 is 22.0 Å². The van der Waals surface area contributed by atoms with E-state index in [1.807, 2.05) is 0 Å². The Morgan fingerprint density at radius 1 is 1.20 bits per heavy atom. The zero-order valence-electron chi connectivity index (χ0n) is 20.2. The van der Waals surface area contributed by atoms with Crippen molar-refractivity contribution < 1.29 is 32.3 Å². The van der Waals surface area contributed by atoms with E-state index in [4.69, 9.17) is 14.3 Å². The molecule has 1 unspecified atom stereocenters. The number of hydrogen-bond acceptors (Lipinski definition) is 7. The molecule has 1 N–H and O–H groups in total. The number of rotatable bonds is 8. The third-order valence-electron chi connectivity index (χ3n) is 6.55. The number of aryl methyl sites for hydroxylation is 2. The molecule has 1 atom stereocenters. The van der Waals surface area contributed by atoms with E-state index in [0.29, 0.717) is 29.8 Å². The number of ether oxygens (including phenoxy) is 1. The van der Waals surface area contributed by atoms with Gasteiger partial charge in [0.1, 0.15) is 12.0 Å². The van der Waals surface area contributed by atoms with Crippen LogP contribution in [0.25, 0.3) is 0 Å². The predicted molar refractivity (Wildman–Crippen MR) is 125 cm³/mol. The number of oxazole rings is 1. The molecular weight excluding hydrogens is 476 g/mol. The van der Waals surface area contributed by atoms with Gasteiger partial charge in [-0.3, -0.25) is 4.79 Å². The largest absolute Gasteiger partial charge is 0.497 e. The summed E-state index contributed by atoms with van der Waals surface area (Å²) in [7, 11) is -0.837. The van der Waals surface area contributed by atoms with Crippen molar-refractivity contribution in [2.24, 2.45) is 0 Å². The average Bonchev–Trinajstić information content (AvgIpc) is 3.31. The fourth-order valence-electron chi connectivity index (χ4n) is 4.50. The molecule has 1 aromatic heterocycles. The van der Waals surface area contributed by atoms with Crippen molar-refractivity contribution in [2.45, 2.75) is 56.6 Å². The van der Waals surface area contributed by atoms with Gasteiger partial charge in [-0.25, -0.2) is 18.2 Å². The van der Waals surface area contributed by atoms with Crippen LogP contribution < -0.4 is 4.74 Å². The molecule has 0 bridgehead atoms. The maximum absolute atomic E-state index is 13.7. The molecule has 12 heteroatoms. The Labute approximate surface area is 204 Å². The number of benzene rings is 1. The number of likely N-dealkylation sites (tertiary alicyclic amines) is 1. The van der Waals surface area contributed by atoms with Gasteiger partial charge in [-0.1, -0.05) is 0 Å². The first kappa shape index (κ1) is 25.0. The highest BCUT2D eigenvalue weighted by Gasteiger charge is 2.40. The minimum atomic E-state index is -3.85. The van der Waals surface area contributed by atoms with E-state index >= 15 is 0 Å². The van der Waals surface area contributed by atoms with E-state index in [-0.39, 0.29) is 47.6 Å². The molecule has 1 saturated carbocycles. The monoisotopic (exact) mass is 506 g/mol. The quantitative estimate of drug-likeness (QED) is 0.577. The van der Waals surface area contributed by atoms with Gasteiger partial charge in [0.15, 0.2) is 5.69 Å². The summed E-state index contributed by atoms with van der Waals surface area (Å²) in [6.45, 7) is 4.06. The fraction of sp³-hybridized carbons (Fsp3) is 0.522. The van der Waals surface area contributed by atoms with Gasteiger partial charge in [0.2, 0.25) is 15.9 Å². The molecule has 2 heterocycles. The first-order valence-corrected chi connectivity index (χ1v) is 12.8. The van der Waals surface area contributed by atoms with Gasteiger partial charge in [0.05, 0.1) is 24.6 Å². The van der Waals surface area contributed by atoms with Crippen LogP contribution in [0.5, 0.6) is 5.75 Å². The van der Waals surface area contributed by atoms with E-state index in [1.54, 1.807) is 26.0 Å². The molecule has 35 heavy (non-hydrogen) atoms. The van der Waals surface area contributed by atoms with Gasteiger partial charge in [-0.2, -0.15) is 4.31 Å². The Bertz CT molecular complexity index is 1220. The standard InChI is InChI=1S/C23H30N4O7S/c1-14-9-18(33-4)10-15(2)21(14)35(31,32)27(16-5-6-16)12-20-24-19(13-34-20)22(28)26-8-7-17(11-26)25(3)23(29)30/h9-10,13,16-17H,5-8,11-12H2,1-4H3,(H,29,30). The molecule has 0 radical (unpaired) electrons. The molecule has 1 saturated heterocycles. The smallest absolute Gasteiger partial charge is 0.407 e. The summed E-state index contributed by atoms with van der Waals surface area (Å²) in [6, 6.07) is 2.95. The molecule has 190 valence electrons. The summed E-state index contributed by atoms with van der Waals surface area (Å²) >= 11 is 0. The zero-order chi connectivity index (χ0) is 25.5. The van der Waals surface area contributed by atoms with Crippen molar-refractivity contribution in [3.8, 4) is 5.75 Å².